The van der Waals surface area contributed by atoms with Gasteiger partial charge in [0.2, 0.25) is 0 Å². The third-order valence-electron chi connectivity index (χ3n) is 20.7. The average molecular weight is 1170 g/mol. The van der Waals surface area contributed by atoms with Crippen LogP contribution in [0.2, 0.25) is 0 Å². The predicted octanol–water partition coefficient (Wildman–Crippen LogP) is 24.3. The molecule has 0 saturated heterocycles. The van der Waals surface area contributed by atoms with Crippen LogP contribution in [0.3, 0.4) is 0 Å². The monoisotopic (exact) mass is 1170 g/mol. The lowest BCUT2D eigenvalue weighted by Crippen LogP contribution is -2.17. The Balaban J connectivity index is 1.01. The van der Waals surface area contributed by atoms with E-state index in [-0.39, 0.29) is 22.7 Å². The van der Waals surface area contributed by atoms with Crippen LogP contribution in [-0.2, 0) is 36.5 Å². The summed E-state index contributed by atoms with van der Waals surface area (Å²) in [6.07, 6.45) is 9.10. The van der Waals surface area contributed by atoms with Gasteiger partial charge in [0.15, 0.2) is 0 Å². The Kier molecular flexibility index (Phi) is 13.3. The molecule has 0 atom stereocenters. The highest BCUT2D eigenvalue weighted by Crippen LogP contribution is 2.55. The van der Waals surface area contributed by atoms with Gasteiger partial charge in [-0.05, 0) is 225 Å². The van der Waals surface area contributed by atoms with E-state index in [2.05, 4.69) is 294 Å². The molecule has 0 spiro atoms. The van der Waals surface area contributed by atoms with Crippen LogP contribution in [0, 0.1) is 0 Å². The van der Waals surface area contributed by atoms with Crippen LogP contribution in [0.1, 0.15) is 151 Å². The van der Waals surface area contributed by atoms with E-state index < -0.39 is 0 Å². The Morgan fingerprint density at radius 1 is 0.311 bits per heavy atom. The normalized spacial score (nSPS) is 14.0. The topological polar surface area (TPSA) is 16.3 Å². The third-order valence-corrected chi connectivity index (χ3v) is 20.7. The molecule has 0 fully saturated rings. The van der Waals surface area contributed by atoms with Gasteiger partial charge in [0, 0.05) is 55.1 Å². The fourth-order valence-corrected chi connectivity index (χ4v) is 16.2. The summed E-state index contributed by atoms with van der Waals surface area (Å²) in [5.74, 6) is 0.481. The van der Waals surface area contributed by atoms with Gasteiger partial charge in [0.1, 0.15) is 0 Å². The predicted molar refractivity (Wildman–Crippen MR) is 387 cm³/mol. The number of hydrogen-bond donors (Lipinski definition) is 0. The average Bonchev–Trinajstić information content (AvgIpc) is 0.960. The molecule has 446 valence electrons. The highest BCUT2D eigenvalue weighted by Gasteiger charge is 2.32. The summed E-state index contributed by atoms with van der Waals surface area (Å²) in [6, 6.07) is 80.6. The molecule has 2 aliphatic rings. The van der Waals surface area contributed by atoms with Gasteiger partial charge in [0.25, 0.3) is 0 Å². The minimum atomic E-state index is 0.0492. The molecule has 90 heavy (non-hydrogen) atoms. The zero-order valence-corrected chi connectivity index (χ0v) is 54.2. The van der Waals surface area contributed by atoms with E-state index in [0.717, 1.165) is 25.7 Å². The van der Waals surface area contributed by atoms with Crippen LogP contribution >= 0.6 is 0 Å². The zero-order chi connectivity index (χ0) is 61.5. The SMILES string of the molecule is CC(C)c1cc(N(c2cccc3c2CCCC3)c2cccc3c2c2ccccc2n3-c2ccc(C(C)(C)C)cc2)c2ccc3c(C(C)C)cc(N(c4cccc5c4CCCC5)c4cccc5c4c4ccccc4n5-c4ccc(C(C)(C)C)cc4)c4ccc1c2c34. The summed E-state index contributed by atoms with van der Waals surface area (Å²) < 4.78 is 5.02. The van der Waals surface area contributed by atoms with Crippen molar-refractivity contribution in [1.82, 2.24) is 9.13 Å². The second-order valence-corrected chi connectivity index (χ2v) is 28.9. The maximum Gasteiger partial charge on any atom is 0.0562 e. The molecule has 0 bridgehead atoms. The highest BCUT2D eigenvalue weighted by atomic mass is 15.2. The smallest absolute Gasteiger partial charge is 0.0562 e. The van der Waals surface area contributed by atoms with E-state index in [1.807, 2.05) is 0 Å². The number of fused-ring (bicyclic) bond motifs is 8. The van der Waals surface area contributed by atoms with Gasteiger partial charge < -0.3 is 18.9 Å². The first-order valence-corrected chi connectivity index (χ1v) is 33.5. The zero-order valence-electron chi connectivity index (χ0n) is 54.2. The molecule has 2 aromatic heterocycles. The Morgan fingerprint density at radius 3 is 1.07 bits per heavy atom. The maximum absolute atomic E-state index is 2.73. The lowest BCUT2D eigenvalue weighted by molar-refractivity contribution is 0.590. The van der Waals surface area contributed by atoms with Gasteiger partial charge in [-0.1, -0.05) is 191 Å². The lowest BCUT2D eigenvalue weighted by Gasteiger charge is -2.34. The van der Waals surface area contributed by atoms with Crippen LogP contribution in [0.5, 0.6) is 0 Å². The fraction of sp³-hybridized carbons (Fsp3) is 0.256. The summed E-state index contributed by atoms with van der Waals surface area (Å²) in [6.45, 7) is 23.5. The van der Waals surface area contributed by atoms with Crippen LogP contribution < -0.4 is 9.80 Å². The second kappa shape index (κ2) is 21.3. The molecule has 0 unspecified atom stereocenters. The fourth-order valence-electron chi connectivity index (χ4n) is 16.2. The van der Waals surface area contributed by atoms with E-state index in [1.165, 1.54) is 192 Å². The molecule has 4 nitrogen and oxygen atoms in total. The number of nitrogens with zero attached hydrogens (tertiary/aromatic N) is 4. The molecule has 2 aliphatic carbocycles. The van der Waals surface area contributed by atoms with Gasteiger partial charge in [-0.25, -0.2) is 0 Å². The van der Waals surface area contributed by atoms with E-state index >= 15 is 0 Å². The standard InChI is InChI=1S/C86H82N4/c1-53(2)69-51-79(89(71-33-19-25-55-23-11-13-27-61(55)71)77-37-21-35-75-83(77)65-29-15-17-31-73(65)87(75)59-43-39-57(40-44-59)85(5,6)7)67-50-48-64-70(54(3)4)52-80(68-49-47-63(69)81(67)82(64)68)90(72-34-20-26-56-24-12-14-28-62(56)72)78-38-22-36-76-84(78)66-30-16-18-32-74(66)88(76)60-45-41-58(42-46-60)86(8,9)10/h15-22,25-26,29-54H,11-14,23-24,27-28H2,1-10H3. The number of aryl methyl sites for hydroxylation is 2. The van der Waals surface area contributed by atoms with Crippen molar-refractivity contribution in [3.05, 3.63) is 251 Å². The van der Waals surface area contributed by atoms with Crippen molar-refractivity contribution in [2.24, 2.45) is 0 Å². The Bertz CT molecular complexity index is 4820. The molecule has 0 radical (unpaired) electrons. The van der Waals surface area contributed by atoms with Crippen molar-refractivity contribution in [1.29, 1.82) is 0 Å². The van der Waals surface area contributed by atoms with E-state index in [0.29, 0.717) is 0 Å². The number of aromatic nitrogens is 2. The van der Waals surface area contributed by atoms with Crippen molar-refractivity contribution >= 4 is 110 Å². The second-order valence-electron chi connectivity index (χ2n) is 28.9. The molecule has 0 N–H and O–H groups in total. The molecule has 4 heteroatoms. The minimum absolute atomic E-state index is 0.0492. The number of anilines is 6. The van der Waals surface area contributed by atoms with Crippen LogP contribution in [0.15, 0.2) is 206 Å². The first-order valence-electron chi connectivity index (χ1n) is 33.5. The number of benzene rings is 12. The molecule has 16 rings (SSSR count). The first kappa shape index (κ1) is 56.1. The summed E-state index contributed by atoms with van der Waals surface area (Å²) in [7, 11) is 0. The first-order chi connectivity index (χ1) is 43.6. The van der Waals surface area contributed by atoms with Gasteiger partial charge >= 0.3 is 0 Å². The van der Waals surface area contributed by atoms with Crippen molar-refractivity contribution in [2.45, 2.75) is 143 Å². The van der Waals surface area contributed by atoms with Crippen LogP contribution in [0.25, 0.3) is 87.3 Å². The Morgan fingerprint density at radius 2 is 0.667 bits per heavy atom. The molecule has 14 aromatic rings. The quantitative estimate of drug-likeness (QED) is 0.127. The van der Waals surface area contributed by atoms with Crippen LogP contribution in [-0.4, -0.2) is 9.13 Å². The largest absolute Gasteiger partial charge is 0.309 e. The van der Waals surface area contributed by atoms with E-state index in [4.69, 9.17) is 0 Å². The minimum Gasteiger partial charge on any atom is -0.309 e. The van der Waals surface area contributed by atoms with Crippen LogP contribution in [0.4, 0.5) is 34.1 Å². The summed E-state index contributed by atoms with van der Waals surface area (Å²) in [5.41, 5.74) is 26.1. The Labute approximate surface area is 531 Å². The van der Waals surface area contributed by atoms with Crippen molar-refractivity contribution in [3.8, 4) is 11.4 Å². The Hall–Kier alpha value is -9.12. The van der Waals surface area contributed by atoms with Crippen molar-refractivity contribution in [2.75, 3.05) is 9.80 Å². The van der Waals surface area contributed by atoms with Crippen molar-refractivity contribution in [3.63, 3.8) is 0 Å². The van der Waals surface area contributed by atoms with Gasteiger partial charge in [-0.3, -0.25) is 0 Å². The molecule has 2 heterocycles. The molecular weight excluding hydrogens is 1090 g/mol. The number of para-hydroxylation sites is 2. The summed E-state index contributed by atoms with van der Waals surface area (Å²) in [5, 5.41) is 13.0. The third kappa shape index (κ3) is 8.82. The molecule has 12 aromatic carbocycles. The highest BCUT2D eigenvalue weighted by molar-refractivity contribution is 6.31. The summed E-state index contributed by atoms with van der Waals surface area (Å²) >= 11 is 0. The lowest BCUT2D eigenvalue weighted by atomic mass is 9.83. The van der Waals surface area contributed by atoms with Gasteiger partial charge in [0.05, 0.1) is 44.8 Å². The van der Waals surface area contributed by atoms with Gasteiger partial charge in [-0.15, -0.1) is 0 Å². The summed E-state index contributed by atoms with van der Waals surface area (Å²) in [4.78, 5) is 5.45. The molecular formula is C86H82N4. The molecule has 0 amide bonds. The molecule has 0 saturated carbocycles. The molecule has 0 aliphatic heterocycles. The maximum atomic E-state index is 2.73. The number of hydrogen-bond acceptors (Lipinski definition) is 2. The van der Waals surface area contributed by atoms with Crippen molar-refractivity contribution < 1.29 is 0 Å². The van der Waals surface area contributed by atoms with E-state index in [9.17, 15) is 0 Å². The van der Waals surface area contributed by atoms with E-state index in [1.54, 1.807) is 0 Å². The van der Waals surface area contributed by atoms with Gasteiger partial charge in [-0.2, -0.15) is 0 Å². The number of rotatable bonds is 10.